The van der Waals surface area contributed by atoms with Crippen LogP contribution in [0.1, 0.15) is 65.5 Å². The zero-order valence-electron chi connectivity index (χ0n) is 31.1. The van der Waals surface area contributed by atoms with E-state index in [1.54, 1.807) is 25.0 Å². The van der Waals surface area contributed by atoms with Gasteiger partial charge in [0, 0.05) is 61.1 Å². The Labute approximate surface area is 309 Å². The molecule has 3 aliphatic carbocycles. The number of nitrogens with one attached hydrogen (secondary N) is 1. The number of Topliss-reactive ketones (excluding diaryl/α,β-unsaturated/α-hetero) is 1. The molecule has 2 bridgehead atoms. The average molecular weight is 723 g/mol. The molecule has 14 heteroatoms. The van der Waals surface area contributed by atoms with Crippen LogP contribution >= 0.6 is 0 Å². The molecule has 1 aliphatic heterocycles. The Balaban J connectivity index is 0.972. The van der Waals surface area contributed by atoms with Gasteiger partial charge in [-0.15, -0.1) is 11.7 Å². The highest BCUT2D eigenvalue weighted by molar-refractivity contribution is 5.86. The van der Waals surface area contributed by atoms with Gasteiger partial charge in [-0.25, -0.2) is 19.6 Å². The van der Waals surface area contributed by atoms with E-state index in [-0.39, 0.29) is 35.5 Å². The molecule has 5 heterocycles. The number of ketones is 1. The first kappa shape index (κ1) is 35.5. The predicted octanol–water partition coefficient (Wildman–Crippen LogP) is 3.84. The zero-order chi connectivity index (χ0) is 37.1. The third-order valence-electron chi connectivity index (χ3n) is 13.7. The van der Waals surface area contributed by atoms with Crippen LogP contribution in [0.2, 0.25) is 0 Å². The summed E-state index contributed by atoms with van der Waals surface area (Å²) in [5.74, 6) is 0.414. The molecule has 8 unspecified atom stereocenters. The van der Waals surface area contributed by atoms with Crippen molar-refractivity contribution in [3.05, 3.63) is 55.5 Å². The number of pyridine rings is 1. The Morgan fingerprint density at radius 3 is 2.70 bits per heavy atom. The lowest BCUT2D eigenvalue weighted by atomic mass is 9.44. The molecular weight excluding hydrogens is 672 g/mol. The number of rotatable bonds is 8. The van der Waals surface area contributed by atoms with Gasteiger partial charge >= 0.3 is 5.97 Å². The smallest absolute Gasteiger partial charge is 0.328 e. The number of piperazine rings is 1. The van der Waals surface area contributed by atoms with Gasteiger partial charge in [0.15, 0.2) is 17.0 Å². The zero-order valence-corrected chi connectivity index (χ0v) is 31.1. The van der Waals surface area contributed by atoms with Crippen molar-refractivity contribution < 1.29 is 19.4 Å². The molecule has 53 heavy (non-hydrogen) atoms. The van der Waals surface area contributed by atoms with E-state index in [0.717, 1.165) is 73.7 Å². The van der Waals surface area contributed by atoms with Gasteiger partial charge in [-0.2, -0.15) is 0 Å². The molecule has 0 aromatic carbocycles. The van der Waals surface area contributed by atoms with Gasteiger partial charge in [0.1, 0.15) is 30.5 Å². The van der Waals surface area contributed by atoms with Crippen molar-refractivity contribution in [1.82, 2.24) is 44.8 Å². The number of ether oxygens (including phenoxy) is 1. The van der Waals surface area contributed by atoms with Crippen molar-refractivity contribution in [3.63, 3.8) is 0 Å². The first-order chi connectivity index (χ1) is 25.5. The second kappa shape index (κ2) is 13.4. The standard InChI is InChI=1S/C39H50N10O4/c1-6-37(4)17-30(38(5)24(2)9-11-39(25(3)34(37)52)12-10-29(50)33(38)39)53-31(51)21-49-20-28(45-46-49)26-7-8-27(41-18-26)19-48-23-44-32-35(42-22-43-36(32)48)47-15-13-40-14-16-47/h6-8,18,20,22-25,30,33-34,40,52H,1,9-17,19,21H2,2-5H3. The summed E-state index contributed by atoms with van der Waals surface area (Å²) in [6.07, 6.45) is 10.8. The minimum Gasteiger partial charge on any atom is -0.460 e. The lowest BCUT2D eigenvalue weighted by Gasteiger charge is -2.61. The Bertz CT molecular complexity index is 2020. The number of nitrogens with zero attached hydrogens (tertiary/aromatic N) is 9. The van der Waals surface area contributed by atoms with Crippen LogP contribution in [0.25, 0.3) is 22.4 Å². The van der Waals surface area contributed by atoms with Gasteiger partial charge in [0.05, 0.1) is 30.9 Å². The van der Waals surface area contributed by atoms with Crippen LogP contribution in [-0.4, -0.2) is 94.7 Å². The summed E-state index contributed by atoms with van der Waals surface area (Å²) in [7, 11) is 0. The van der Waals surface area contributed by atoms with Crippen LogP contribution in [0.4, 0.5) is 5.82 Å². The SMILES string of the molecule is C=CC1(C)CC(OC(=O)Cn2cc(-c3ccc(Cn4cnc5c(N6CCNCC6)ncnc54)nc3)nn2)C2(C)C(C)CCC3(CCC(=O)C32)C(C)C1O. The lowest BCUT2D eigenvalue weighted by Crippen LogP contribution is -2.63. The van der Waals surface area contributed by atoms with Crippen LogP contribution in [0.15, 0.2) is 49.8 Å². The van der Waals surface area contributed by atoms with E-state index in [2.05, 4.69) is 67.8 Å². The highest BCUT2D eigenvalue weighted by Crippen LogP contribution is 2.68. The molecule has 3 saturated carbocycles. The van der Waals surface area contributed by atoms with E-state index in [9.17, 15) is 14.7 Å². The van der Waals surface area contributed by atoms with Crippen molar-refractivity contribution >= 4 is 28.7 Å². The van der Waals surface area contributed by atoms with Gasteiger partial charge in [-0.1, -0.05) is 39.0 Å². The predicted molar refractivity (Wildman–Crippen MR) is 197 cm³/mol. The maximum atomic E-state index is 13.7. The van der Waals surface area contributed by atoms with Crippen molar-refractivity contribution in [2.45, 2.75) is 85.1 Å². The number of esters is 1. The summed E-state index contributed by atoms with van der Waals surface area (Å²) in [5.41, 5.74) is 2.10. The fourth-order valence-corrected chi connectivity index (χ4v) is 10.3. The van der Waals surface area contributed by atoms with E-state index in [4.69, 9.17) is 4.74 Å². The van der Waals surface area contributed by atoms with Gasteiger partial charge in [0.2, 0.25) is 0 Å². The molecule has 4 aromatic heterocycles. The highest BCUT2D eigenvalue weighted by atomic mass is 16.5. The Morgan fingerprint density at radius 2 is 1.94 bits per heavy atom. The van der Waals surface area contributed by atoms with Crippen molar-refractivity contribution in [3.8, 4) is 11.3 Å². The van der Waals surface area contributed by atoms with Crippen molar-refractivity contribution in [2.24, 2.45) is 34.0 Å². The molecule has 4 aliphatic rings. The second-order valence-electron chi connectivity index (χ2n) is 16.4. The van der Waals surface area contributed by atoms with E-state index >= 15 is 0 Å². The van der Waals surface area contributed by atoms with E-state index in [0.29, 0.717) is 25.1 Å². The summed E-state index contributed by atoms with van der Waals surface area (Å²) in [6, 6.07) is 3.87. The largest absolute Gasteiger partial charge is 0.460 e. The minimum absolute atomic E-state index is 0.0847. The summed E-state index contributed by atoms with van der Waals surface area (Å²) in [5, 5.41) is 23.7. The lowest BCUT2D eigenvalue weighted by molar-refractivity contribution is -0.207. The number of fused-ring (bicyclic) bond motifs is 1. The molecule has 14 nitrogen and oxygen atoms in total. The van der Waals surface area contributed by atoms with Crippen LogP contribution in [0.5, 0.6) is 0 Å². The molecule has 4 fully saturated rings. The number of imidazole rings is 1. The molecule has 8 rings (SSSR count). The number of carbonyl (C=O) groups is 2. The maximum absolute atomic E-state index is 13.7. The van der Waals surface area contributed by atoms with Crippen LogP contribution in [-0.2, 0) is 27.4 Å². The maximum Gasteiger partial charge on any atom is 0.328 e. The number of aromatic nitrogens is 8. The van der Waals surface area contributed by atoms with Gasteiger partial charge < -0.3 is 24.6 Å². The molecule has 4 aromatic rings. The van der Waals surface area contributed by atoms with Crippen LogP contribution in [0.3, 0.4) is 0 Å². The average Bonchev–Trinajstić information content (AvgIpc) is 3.90. The van der Waals surface area contributed by atoms with Crippen molar-refractivity contribution in [2.75, 3.05) is 31.1 Å². The van der Waals surface area contributed by atoms with Gasteiger partial charge in [-0.05, 0) is 55.1 Å². The molecule has 280 valence electrons. The van der Waals surface area contributed by atoms with Gasteiger partial charge in [0.25, 0.3) is 0 Å². The van der Waals surface area contributed by atoms with E-state index < -0.39 is 29.0 Å². The molecule has 0 amide bonds. The Hall–Kier alpha value is -4.56. The normalized spacial score (nSPS) is 33.0. The topological polar surface area (TPSA) is 166 Å². The van der Waals surface area contributed by atoms with E-state index in [1.807, 2.05) is 29.7 Å². The number of anilines is 1. The molecule has 0 spiro atoms. The molecular formula is C39H50N10O4. The summed E-state index contributed by atoms with van der Waals surface area (Å²) in [4.78, 5) is 48.1. The number of hydrogen-bond donors (Lipinski definition) is 2. The van der Waals surface area contributed by atoms with Crippen molar-refractivity contribution in [1.29, 1.82) is 0 Å². The molecule has 1 saturated heterocycles. The second-order valence-corrected chi connectivity index (χ2v) is 16.4. The first-order valence-electron chi connectivity index (χ1n) is 19.0. The van der Waals surface area contributed by atoms with Gasteiger partial charge in [-0.3, -0.25) is 14.6 Å². The highest BCUT2D eigenvalue weighted by Gasteiger charge is 2.68. The monoisotopic (exact) mass is 722 g/mol. The third-order valence-corrected chi connectivity index (χ3v) is 13.7. The number of aliphatic hydroxyl groups excluding tert-OH is 1. The summed E-state index contributed by atoms with van der Waals surface area (Å²) < 4.78 is 9.85. The number of carbonyl (C=O) groups excluding carboxylic acids is 2. The minimum atomic E-state index is -0.714. The summed E-state index contributed by atoms with van der Waals surface area (Å²) in [6.45, 7) is 16.4. The Kier molecular flexibility index (Phi) is 8.96. The third kappa shape index (κ3) is 5.85. The molecule has 8 atom stereocenters. The molecule has 0 radical (unpaired) electrons. The quantitative estimate of drug-likeness (QED) is 0.200. The summed E-state index contributed by atoms with van der Waals surface area (Å²) >= 11 is 0. The number of hydrogen-bond acceptors (Lipinski definition) is 12. The fraction of sp³-hybridized carbons (Fsp3) is 0.590. The molecule has 2 N–H and O–H groups in total. The fourth-order valence-electron chi connectivity index (χ4n) is 10.3. The van der Waals surface area contributed by atoms with Crippen LogP contribution < -0.4 is 10.2 Å². The Morgan fingerprint density at radius 1 is 1.13 bits per heavy atom. The van der Waals surface area contributed by atoms with Crippen LogP contribution in [0, 0.1) is 34.0 Å². The first-order valence-corrected chi connectivity index (χ1v) is 19.0. The van der Waals surface area contributed by atoms with E-state index in [1.165, 1.54) is 4.68 Å². The number of aliphatic hydroxyl groups is 1.